The van der Waals surface area contributed by atoms with Gasteiger partial charge in [-0.25, -0.2) is 15.0 Å². The monoisotopic (exact) mass is 625 g/mol. The largest absolute Gasteiger partial charge is 0.208 e. The molecule has 0 radical (unpaired) electrons. The molecule has 0 saturated carbocycles. The molecule has 9 rings (SSSR count). The molecule has 2 aromatic heterocycles. The maximum absolute atomic E-state index is 7.08. The van der Waals surface area contributed by atoms with Gasteiger partial charge >= 0.3 is 0 Å². The minimum atomic E-state index is 0.551. The van der Waals surface area contributed by atoms with Gasteiger partial charge in [0.25, 0.3) is 0 Å². The number of aromatic nitrogens is 3. The molecule has 0 amide bonds. The van der Waals surface area contributed by atoms with Crippen LogP contribution >= 0.6 is 22.9 Å². The van der Waals surface area contributed by atoms with Gasteiger partial charge in [-0.3, -0.25) is 0 Å². The van der Waals surface area contributed by atoms with Crippen LogP contribution in [0.3, 0.4) is 0 Å². The van der Waals surface area contributed by atoms with Crippen molar-refractivity contribution in [1.29, 1.82) is 0 Å². The first-order valence-corrected chi connectivity index (χ1v) is 16.3. The Balaban J connectivity index is 1.22. The maximum atomic E-state index is 7.08. The molecule has 0 fully saturated rings. The molecule has 2 heterocycles. The van der Waals surface area contributed by atoms with Crippen LogP contribution in [0.25, 0.3) is 87.0 Å². The van der Waals surface area contributed by atoms with Crippen molar-refractivity contribution in [2.45, 2.75) is 0 Å². The van der Waals surface area contributed by atoms with Crippen LogP contribution in [0.2, 0.25) is 5.02 Å². The summed E-state index contributed by atoms with van der Waals surface area (Å²) in [5.74, 6) is 1.76. The minimum absolute atomic E-state index is 0.551. The van der Waals surface area contributed by atoms with Gasteiger partial charge in [0.15, 0.2) is 17.5 Å². The van der Waals surface area contributed by atoms with Crippen molar-refractivity contribution in [3.8, 4) is 45.3 Å². The van der Waals surface area contributed by atoms with Crippen molar-refractivity contribution >= 4 is 64.7 Å². The van der Waals surface area contributed by atoms with E-state index in [-0.39, 0.29) is 0 Å². The lowest BCUT2D eigenvalue weighted by Gasteiger charge is -2.11. The zero-order valence-corrected chi connectivity index (χ0v) is 26.1. The van der Waals surface area contributed by atoms with E-state index in [0.717, 1.165) is 37.7 Å². The predicted octanol–water partition coefficient (Wildman–Crippen LogP) is 11.9. The van der Waals surface area contributed by atoms with Crippen LogP contribution in [-0.2, 0) is 0 Å². The average molecular weight is 626 g/mol. The lowest BCUT2D eigenvalue weighted by atomic mass is 10.0. The molecule has 0 spiro atoms. The summed E-state index contributed by atoms with van der Waals surface area (Å²) in [6.45, 7) is 0. The van der Waals surface area contributed by atoms with E-state index in [2.05, 4.69) is 133 Å². The van der Waals surface area contributed by atoms with Gasteiger partial charge in [0.1, 0.15) is 0 Å². The number of hydrogen-bond acceptors (Lipinski definition) is 4. The summed E-state index contributed by atoms with van der Waals surface area (Å²) in [5, 5.41) is 7.71. The van der Waals surface area contributed by atoms with Gasteiger partial charge in [-0.05, 0) is 63.0 Å². The third-order valence-electron chi connectivity index (χ3n) is 8.56. The van der Waals surface area contributed by atoms with Crippen molar-refractivity contribution in [2.24, 2.45) is 0 Å². The molecule has 0 atom stereocenters. The van der Waals surface area contributed by atoms with Crippen molar-refractivity contribution < 1.29 is 0 Å². The lowest BCUT2D eigenvalue weighted by molar-refractivity contribution is 1.08. The Hall–Kier alpha value is -5.42. The fraction of sp³-hybridized carbons (Fsp3) is 0. The third kappa shape index (κ3) is 4.71. The van der Waals surface area contributed by atoms with Crippen molar-refractivity contribution in [1.82, 2.24) is 15.0 Å². The number of nitrogens with zero attached hydrogens (tertiary/aromatic N) is 3. The number of thiophene rings is 1. The number of hydrogen-bond donors (Lipinski definition) is 0. The van der Waals surface area contributed by atoms with E-state index in [9.17, 15) is 0 Å². The molecule has 0 bridgehead atoms. The first-order chi connectivity index (χ1) is 22.7. The highest BCUT2D eigenvalue weighted by Crippen LogP contribution is 2.41. The first kappa shape index (κ1) is 26.9. The molecule has 7 aromatic carbocycles. The molecular formula is C41H24ClN3S. The topological polar surface area (TPSA) is 38.7 Å². The van der Waals surface area contributed by atoms with E-state index in [1.807, 2.05) is 12.1 Å². The quantitative estimate of drug-likeness (QED) is 0.195. The number of fused-ring (bicyclic) bond motifs is 5. The second-order valence-electron chi connectivity index (χ2n) is 11.4. The molecular weight excluding hydrogens is 602 g/mol. The van der Waals surface area contributed by atoms with E-state index in [1.54, 1.807) is 11.3 Å². The van der Waals surface area contributed by atoms with Crippen molar-refractivity contribution in [2.75, 3.05) is 0 Å². The minimum Gasteiger partial charge on any atom is -0.208 e. The van der Waals surface area contributed by atoms with Gasteiger partial charge in [0.05, 0.1) is 5.02 Å². The maximum Gasteiger partial charge on any atom is 0.165 e. The fourth-order valence-electron chi connectivity index (χ4n) is 6.18. The van der Waals surface area contributed by atoms with Gasteiger partial charge in [0, 0.05) is 36.9 Å². The van der Waals surface area contributed by atoms with Gasteiger partial charge in [-0.15, -0.1) is 11.3 Å². The van der Waals surface area contributed by atoms with Gasteiger partial charge in [-0.1, -0.05) is 127 Å². The van der Waals surface area contributed by atoms with Gasteiger partial charge < -0.3 is 0 Å². The summed E-state index contributed by atoms with van der Waals surface area (Å²) in [5.41, 5.74) is 4.93. The Morgan fingerprint density at radius 1 is 0.391 bits per heavy atom. The zero-order chi connectivity index (χ0) is 30.6. The van der Waals surface area contributed by atoms with E-state index in [4.69, 9.17) is 26.6 Å². The van der Waals surface area contributed by atoms with E-state index < -0.39 is 0 Å². The molecule has 0 aliphatic carbocycles. The first-order valence-electron chi connectivity index (χ1n) is 15.1. The SMILES string of the molecule is Clc1cc2c(cc1-c1nc(-c3ccc(-c4ccccc4)cc3)nc(-c3ccc4ccccc4c3)n1)sc1cc3ccccc3cc12. The second kappa shape index (κ2) is 10.9. The molecule has 0 aliphatic rings. The zero-order valence-electron chi connectivity index (χ0n) is 24.5. The summed E-state index contributed by atoms with van der Waals surface area (Å²) in [6, 6.07) is 50.6. The van der Waals surface area contributed by atoms with Crippen LogP contribution in [0.1, 0.15) is 0 Å². The van der Waals surface area contributed by atoms with Gasteiger partial charge in [-0.2, -0.15) is 0 Å². The standard InChI is InChI=1S/C41H24ClN3S/c42-36-23-34-33-21-30-12-6-7-13-31(30)22-37(33)46-38(34)24-35(36)41-44-39(28-17-14-27(15-18-28)25-8-2-1-3-9-25)43-40(45-41)32-19-16-26-10-4-5-11-29(26)20-32/h1-24H. The lowest BCUT2D eigenvalue weighted by Crippen LogP contribution is -2.00. The third-order valence-corrected chi connectivity index (χ3v) is 9.99. The van der Waals surface area contributed by atoms with E-state index in [0.29, 0.717) is 22.5 Å². The summed E-state index contributed by atoms with van der Waals surface area (Å²) < 4.78 is 2.37. The Bertz CT molecular complexity index is 2590. The molecule has 0 saturated heterocycles. The highest BCUT2D eigenvalue weighted by molar-refractivity contribution is 7.26. The molecule has 0 unspecified atom stereocenters. The van der Waals surface area contributed by atoms with E-state index in [1.165, 1.54) is 31.8 Å². The molecule has 5 heteroatoms. The molecule has 0 N–H and O–H groups in total. The molecule has 9 aromatic rings. The Kier molecular flexibility index (Phi) is 6.37. The summed E-state index contributed by atoms with van der Waals surface area (Å²) in [7, 11) is 0. The van der Waals surface area contributed by atoms with E-state index >= 15 is 0 Å². The van der Waals surface area contributed by atoms with Crippen molar-refractivity contribution in [3.05, 3.63) is 151 Å². The molecule has 46 heavy (non-hydrogen) atoms. The highest BCUT2D eigenvalue weighted by atomic mass is 35.5. The van der Waals surface area contributed by atoms with Crippen LogP contribution in [0.4, 0.5) is 0 Å². The van der Waals surface area contributed by atoms with Crippen molar-refractivity contribution in [3.63, 3.8) is 0 Å². The highest BCUT2D eigenvalue weighted by Gasteiger charge is 2.17. The summed E-state index contributed by atoms with van der Waals surface area (Å²) in [6.07, 6.45) is 0. The van der Waals surface area contributed by atoms with Crippen LogP contribution in [0.15, 0.2) is 146 Å². The number of rotatable bonds is 4. The summed E-state index contributed by atoms with van der Waals surface area (Å²) in [4.78, 5) is 15.1. The van der Waals surface area contributed by atoms with Crippen LogP contribution in [-0.4, -0.2) is 15.0 Å². The normalized spacial score (nSPS) is 11.6. The van der Waals surface area contributed by atoms with Crippen LogP contribution in [0, 0.1) is 0 Å². The number of halogens is 1. The van der Waals surface area contributed by atoms with Gasteiger partial charge in [0.2, 0.25) is 0 Å². The second-order valence-corrected chi connectivity index (χ2v) is 12.9. The molecule has 216 valence electrons. The molecule has 3 nitrogen and oxygen atoms in total. The number of benzene rings is 7. The Labute approximate surface area is 274 Å². The summed E-state index contributed by atoms with van der Waals surface area (Å²) >= 11 is 8.85. The molecule has 0 aliphatic heterocycles. The van der Waals surface area contributed by atoms with Crippen LogP contribution in [0.5, 0.6) is 0 Å². The smallest absolute Gasteiger partial charge is 0.165 e. The Morgan fingerprint density at radius 2 is 0.913 bits per heavy atom. The predicted molar refractivity (Wildman–Crippen MR) is 194 cm³/mol. The Morgan fingerprint density at radius 3 is 1.67 bits per heavy atom. The fourth-order valence-corrected chi connectivity index (χ4v) is 7.58. The average Bonchev–Trinajstić information content (AvgIpc) is 3.46. The van der Waals surface area contributed by atoms with Crippen LogP contribution < -0.4 is 0 Å².